The minimum Gasteiger partial charge on any atom is -0.478 e. The molecule has 1 aromatic heterocycles. The van der Waals surface area contributed by atoms with E-state index in [0.717, 1.165) is 6.42 Å². The van der Waals surface area contributed by atoms with Crippen LogP contribution >= 0.6 is 0 Å². The van der Waals surface area contributed by atoms with E-state index in [-0.39, 0.29) is 5.56 Å². The van der Waals surface area contributed by atoms with Gasteiger partial charge in [0.1, 0.15) is 6.04 Å². The number of nitrogens with two attached hydrogens (primary N) is 1. The third-order valence-electron chi connectivity index (χ3n) is 2.57. The van der Waals surface area contributed by atoms with E-state index in [0.29, 0.717) is 12.1 Å². The number of aromatic carboxylic acids is 1. The van der Waals surface area contributed by atoms with Gasteiger partial charge in [-0.25, -0.2) is 4.79 Å². The molecule has 1 aromatic rings. The van der Waals surface area contributed by atoms with E-state index in [9.17, 15) is 9.59 Å². The second-order valence-corrected chi connectivity index (χ2v) is 3.72. The maximum absolute atomic E-state index is 11.1. The maximum atomic E-state index is 11.1. The third kappa shape index (κ3) is 2.24. The second kappa shape index (κ2) is 4.83. The number of hydrogen-bond donors (Lipinski definition) is 2. The van der Waals surface area contributed by atoms with Crippen molar-refractivity contribution >= 4 is 11.9 Å². The van der Waals surface area contributed by atoms with E-state index in [1.807, 2.05) is 6.92 Å². The van der Waals surface area contributed by atoms with Gasteiger partial charge in [0, 0.05) is 11.9 Å². The van der Waals surface area contributed by atoms with Crippen LogP contribution in [0.5, 0.6) is 0 Å². The Labute approximate surface area is 93.9 Å². The molecule has 5 nitrogen and oxygen atoms in total. The predicted molar refractivity (Wildman–Crippen MR) is 59.3 cm³/mol. The zero-order valence-corrected chi connectivity index (χ0v) is 9.43. The first-order valence-corrected chi connectivity index (χ1v) is 5.21. The van der Waals surface area contributed by atoms with Gasteiger partial charge in [0.25, 0.3) is 0 Å². The molecule has 0 aliphatic rings. The van der Waals surface area contributed by atoms with E-state index in [1.165, 1.54) is 6.07 Å². The van der Waals surface area contributed by atoms with Crippen LogP contribution in [-0.2, 0) is 11.2 Å². The molecule has 16 heavy (non-hydrogen) atoms. The van der Waals surface area contributed by atoms with E-state index in [4.69, 9.17) is 10.8 Å². The van der Waals surface area contributed by atoms with E-state index in [2.05, 4.69) is 0 Å². The summed E-state index contributed by atoms with van der Waals surface area (Å²) >= 11 is 0. The number of amides is 1. The monoisotopic (exact) mass is 224 g/mol. The molecule has 0 fully saturated rings. The Bertz CT molecular complexity index is 409. The van der Waals surface area contributed by atoms with Crippen molar-refractivity contribution in [1.82, 2.24) is 4.57 Å². The van der Waals surface area contributed by atoms with Crippen molar-refractivity contribution in [1.29, 1.82) is 0 Å². The number of carboxylic acid groups (broad SMARTS) is 1. The SMILES string of the molecule is CCCc1c(C(=O)O)ccn1C(C)C(N)=O. The summed E-state index contributed by atoms with van der Waals surface area (Å²) in [4.78, 5) is 22.1. The number of carbonyl (C=O) groups excluding carboxylic acids is 1. The van der Waals surface area contributed by atoms with Crippen LogP contribution < -0.4 is 5.73 Å². The summed E-state index contributed by atoms with van der Waals surface area (Å²) in [5, 5.41) is 9.00. The van der Waals surface area contributed by atoms with Gasteiger partial charge in [0.15, 0.2) is 0 Å². The van der Waals surface area contributed by atoms with Gasteiger partial charge in [-0.3, -0.25) is 4.79 Å². The molecule has 0 aliphatic carbocycles. The Morgan fingerprint density at radius 2 is 2.19 bits per heavy atom. The topological polar surface area (TPSA) is 85.3 Å². The summed E-state index contributed by atoms with van der Waals surface area (Å²) in [5.41, 5.74) is 6.11. The number of carbonyl (C=O) groups is 2. The molecule has 0 aromatic carbocycles. The van der Waals surface area contributed by atoms with Crippen molar-refractivity contribution in [3.05, 3.63) is 23.5 Å². The molecule has 0 radical (unpaired) electrons. The minimum atomic E-state index is -0.973. The van der Waals surface area contributed by atoms with Crippen LogP contribution in [0.15, 0.2) is 12.3 Å². The lowest BCUT2D eigenvalue weighted by Crippen LogP contribution is -2.25. The van der Waals surface area contributed by atoms with Crippen molar-refractivity contribution in [3.8, 4) is 0 Å². The van der Waals surface area contributed by atoms with Crippen LogP contribution in [0.2, 0.25) is 0 Å². The molecular weight excluding hydrogens is 208 g/mol. The van der Waals surface area contributed by atoms with Crippen molar-refractivity contribution in [3.63, 3.8) is 0 Å². The molecule has 1 rings (SSSR count). The van der Waals surface area contributed by atoms with Gasteiger partial charge < -0.3 is 15.4 Å². The van der Waals surface area contributed by atoms with Crippen LogP contribution in [0.1, 0.15) is 42.4 Å². The number of hydrogen-bond acceptors (Lipinski definition) is 2. The van der Waals surface area contributed by atoms with Crippen LogP contribution in [0, 0.1) is 0 Å². The Kier molecular flexibility index (Phi) is 3.71. The summed E-state index contributed by atoms with van der Waals surface area (Å²) in [7, 11) is 0. The summed E-state index contributed by atoms with van der Waals surface area (Å²) in [6.45, 7) is 3.62. The van der Waals surface area contributed by atoms with Crippen LogP contribution in [0.25, 0.3) is 0 Å². The molecular formula is C11H16N2O3. The van der Waals surface area contributed by atoms with Gasteiger partial charge in [-0.05, 0) is 19.4 Å². The van der Waals surface area contributed by atoms with Gasteiger partial charge >= 0.3 is 5.97 Å². The van der Waals surface area contributed by atoms with E-state index < -0.39 is 17.9 Å². The lowest BCUT2D eigenvalue weighted by molar-refractivity contribution is -0.120. The molecule has 1 atom stereocenters. The second-order valence-electron chi connectivity index (χ2n) is 3.72. The Hall–Kier alpha value is -1.78. The maximum Gasteiger partial charge on any atom is 0.337 e. The van der Waals surface area contributed by atoms with Gasteiger partial charge in [0.05, 0.1) is 5.56 Å². The fourth-order valence-corrected chi connectivity index (χ4v) is 1.68. The molecule has 0 aliphatic heterocycles. The van der Waals surface area contributed by atoms with E-state index in [1.54, 1.807) is 17.7 Å². The predicted octanol–water partition coefficient (Wildman–Crippen LogP) is 1.19. The zero-order chi connectivity index (χ0) is 12.3. The highest BCUT2D eigenvalue weighted by Crippen LogP contribution is 2.18. The fourth-order valence-electron chi connectivity index (χ4n) is 1.68. The first kappa shape index (κ1) is 12.3. The molecule has 5 heteroatoms. The highest BCUT2D eigenvalue weighted by Gasteiger charge is 2.19. The zero-order valence-electron chi connectivity index (χ0n) is 9.43. The van der Waals surface area contributed by atoms with Gasteiger partial charge in [-0.15, -0.1) is 0 Å². The molecule has 0 saturated carbocycles. The molecule has 1 heterocycles. The number of carboxylic acids is 1. The molecule has 0 saturated heterocycles. The van der Waals surface area contributed by atoms with Crippen molar-refractivity contribution in [2.45, 2.75) is 32.7 Å². The van der Waals surface area contributed by atoms with Crippen molar-refractivity contribution in [2.24, 2.45) is 5.73 Å². The standard InChI is InChI=1S/C11H16N2O3/c1-3-4-9-8(11(15)16)5-6-13(9)7(2)10(12)14/h5-7H,3-4H2,1-2H3,(H2,12,14)(H,15,16). The summed E-state index contributed by atoms with van der Waals surface area (Å²) < 4.78 is 1.63. The number of aromatic nitrogens is 1. The average molecular weight is 224 g/mol. The lowest BCUT2D eigenvalue weighted by Gasteiger charge is -2.14. The molecule has 0 spiro atoms. The summed E-state index contributed by atoms with van der Waals surface area (Å²) in [5.74, 6) is -1.44. The minimum absolute atomic E-state index is 0.245. The Morgan fingerprint density at radius 1 is 1.56 bits per heavy atom. The van der Waals surface area contributed by atoms with Crippen LogP contribution in [0.4, 0.5) is 0 Å². The Balaban J connectivity index is 3.19. The molecule has 3 N–H and O–H groups in total. The number of primary amides is 1. The molecule has 0 bridgehead atoms. The number of nitrogens with zero attached hydrogens (tertiary/aromatic N) is 1. The van der Waals surface area contributed by atoms with Gasteiger partial charge in [-0.2, -0.15) is 0 Å². The number of rotatable bonds is 5. The van der Waals surface area contributed by atoms with Crippen molar-refractivity contribution in [2.75, 3.05) is 0 Å². The smallest absolute Gasteiger partial charge is 0.337 e. The first-order chi connectivity index (χ1) is 7.49. The molecule has 1 amide bonds. The average Bonchev–Trinajstić information content (AvgIpc) is 2.61. The highest BCUT2D eigenvalue weighted by molar-refractivity contribution is 5.89. The largest absolute Gasteiger partial charge is 0.478 e. The normalized spacial score (nSPS) is 12.4. The first-order valence-electron chi connectivity index (χ1n) is 5.21. The quantitative estimate of drug-likeness (QED) is 0.787. The third-order valence-corrected chi connectivity index (χ3v) is 2.57. The van der Waals surface area contributed by atoms with Crippen molar-refractivity contribution < 1.29 is 14.7 Å². The fraction of sp³-hybridized carbons (Fsp3) is 0.455. The van der Waals surface area contributed by atoms with E-state index >= 15 is 0 Å². The van der Waals surface area contributed by atoms with Gasteiger partial charge in [0.2, 0.25) is 5.91 Å². The molecule has 1 unspecified atom stereocenters. The summed E-state index contributed by atoms with van der Waals surface area (Å²) in [6, 6.07) is 0.988. The summed E-state index contributed by atoms with van der Waals surface area (Å²) in [6.07, 6.45) is 3.03. The molecule has 88 valence electrons. The van der Waals surface area contributed by atoms with Gasteiger partial charge in [-0.1, -0.05) is 13.3 Å². The lowest BCUT2D eigenvalue weighted by atomic mass is 10.1. The Morgan fingerprint density at radius 3 is 2.62 bits per heavy atom. The van der Waals surface area contributed by atoms with Crippen LogP contribution in [0.3, 0.4) is 0 Å². The van der Waals surface area contributed by atoms with Crippen LogP contribution in [-0.4, -0.2) is 21.6 Å². The highest BCUT2D eigenvalue weighted by atomic mass is 16.4.